The summed E-state index contributed by atoms with van der Waals surface area (Å²) < 4.78 is 87.1. The average molecular weight is 890 g/mol. The lowest BCUT2D eigenvalue weighted by Gasteiger charge is -2.15. The molecule has 2 aliphatic rings. The van der Waals surface area contributed by atoms with Gasteiger partial charge in [0.25, 0.3) is 23.4 Å². The van der Waals surface area contributed by atoms with E-state index in [2.05, 4.69) is 10.6 Å². The molecule has 60 heavy (non-hydrogen) atoms. The summed E-state index contributed by atoms with van der Waals surface area (Å²) in [5.74, 6) is -4.44. The lowest BCUT2D eigenvalue weighted by atomic mass is 10.0. The zero-order valence-electron chi connectivity index (χ0n) is 31.4. The van der Waals surface area contributed by atoms with Crippen LogP contribution in [0.25, 0.3) is 21.8 Å². The standard InChI is InChI=1S/C22H18ClF3N2O2.C21H15Cl2F3N2O2/c1-12-2-9-17-16(10-12)18(19(29)21(30)27-15-7-8-15)20(22(24,25)26)28(17)11-13-3-5-14(23)6-4-13;22-12-3-1-11(2-4-12)10-28-16-8-5-13(23)9-15(16)17(19(28)21(24,25)26)18(29)20(30)27-14-6-7-14/h2-6,9-10,15H,7-8,11H2,1H3,(H,27,30);1-5,8-9,14H,6-7,10H2,(H,27,30). The van der Waals surface area contributed by atoms with Gasteiger partial charge in [0.1, 0.15) is 11.4 Å². The number of amides is 2. The van der Waals surface area contributed by atoms with E-state index in [4.69, 9.17) is 34.8 Å². The number of hydrogen-bond donors (Lipinski definition) is 2. The lowest BCUT2D eigenvalue weighted by molar-refractivity contribution is -0.144. The number of benzene rings is 4. The van der Waals surface area contributed by atoms with Gasteiger partial charge in [0.15, 0.2) is 0 Å². The maximum atomic E-state index is 14.2. The van der Waals surface area contributed by atoms with Crippen molar-refractivity contribution in [1.82, 2.24) is 19.8 Å². The number of nitrogens with one attached hydrogen (secondary N) is 2. The van der Waals surface area contributed by atoms with Gasteiger partial charge in [-0.25, -0.2) is 0 Å². The van der Waals surface area contributed by atoms with Gasteiger partial charge in [0.2, 0.25) is 0 Å². The normalized spacial score (nSPS) is 14.2. The Kier molecular flexibility index (Phi) is 11.9. The summed E-state index contributed by atoms with van der Waals surface area (Å²) in [5, 5.41) is 6.14. The summed E-state index contributed by atoms with van der Waals surface area (Å²) in [6.07, 6.45) is -6.84. The number of carbonyl (C=O) groups excluding carboxylic acids is 4. The van der Waals surface area contributed by atoms with E-state index in [1.54, 1.807) is 67.6 Å². The van der Waals surface area contributed by atoms with Crippen LogP contribution < -0.4 is 10.6 Å². The highest BCUT2D eigenvalue weighted by Crippen LogP contribution is 2.41. The molecule has 8 nitrogen and oxygen atoms in total. The van der Waals surface area contributed by atoms with Crippen molar-refractivity contribution < 1.29 is 45.5 Å². The van der Waals surface area contributed by atoms with Gasteiger partial charge in [-0.05, 0) is 98.3 Å². The molecule has 2 amide bonds. The molecular formula is C43H33Cl3F6N4O4. The maximum Gasteiger partial charge on any atom is 0.432 e. The topological polar surface area (TPSA) is 102 Å². The van der Waals surface area contributed by atoms with Gasteiger partial charge in [0.05, 0.1) is 11.1 Å². The Balaban J connectivity index is 0.000000181. The number of carbonyl (C=O) groups is 4. The Hall–Kier alpha value is -5.31. The van der Waals surface area contributed by atoms with E-state index in [1.165, 1.54) is 24.3 Å². The van der Waals surface area contributed by atoms with Crippen molar-refractivity contribution in [2.24, 2.45) is 0 Å². The van der Waals surface area contributed by atoms with Crippen molar-refractivity contribution >= 4 is 80.0 Å². The highest BCUT2D eigenvalue weighted by atomic mass is 35.5. The molecule has 0 radical (unpaired) electrons. The van der Waals surface area contributed by atoms with Crippen LogP contribution in [0, 0.1) is 6.92 Å². The first-order valence-corrected chi connectivity index (χ1v) is 19.7. The predicted octanol–water partition coefficient (Wildman–Crippen LogP) is 10.6. The molecule has 0 aliphatic heterocycles. The second-order valence-corrected chi connectivity index (χ2v) is 16.0. The molecule has 0 saturated heterocycles. The molecular weight excluding hydrogens is 857 g/mol. The predicted molar refractivity (Wildman–Crippen MR) is 216 cm³/mol. The first-order chi connectivity index (χ1) is 28.3. The zero-order valence-corrected chi connectivity index (χ0v) is 33.7. The fraction of sp³-hybridized carbons (Fsp3) is 0.256. The van der Waals surface area contributed by atoms with Crippen LogP contribution in [-0.4, -0.2) is 44.6 Å². The number of Topliss-reactive ketones (excluding diaryl/α,β-unsaturated/α-hetero) is 2. The van der Waals surface area contributed by atoms with E-state index in [0.717, 1.165) is 22.0 Å². The van der Waals surface area contributed by atoms with Gasteiger partial charge in [-0.3, -0.25) is 19.2 Å². The van der Waals surface area contributed by atoms with Crippen molar-refractivity contribution in [3.05, 3.63) is 139 Å². The van der Waals surface area contributed by atoms with Gasteiger partial charge in [0, 0.05) is 62.0 Å². The van der Waals surface area contributed by atoms with Crippen molar-refractivity contribution in [2.45, 2.75) is 70.1 Å². The summed E-state index contributed by atoms with van der Waals surface area (Å²) in [7, 11) is 0. The third kappa shape index (κ3) is 9.35. The summed E-state index contributed by atoms with van der Waals surface area (Å²) in [6.45, 7) is 1.44. The number of rotatable bonds is 10. The largest absolute Gasteiger partial charge is 0.432 e. The Bertz CT molecular complexity index is 2480. The third-order valence-corrected chi connectivity index (χ3v) is 10.7. The lowest BCUT2D eigenvalue weighted by Crippen LogP contribution is -2.34. The SMILES string of the molecule is Cc1ccc2c(c1)c(C(=O)C(=O)NC1CC1)c(C(F)(F)F)n2Cc1ccc(Cl)cc1.O=C(NC1CC1)C(=O)c1c(C(F)(F)F)n(Cc2ccc(Cl)cc2)c2ccc(Cl)cc12. The van der Waals surface area contributed by atoms with Gasteiger partial charge in [-0.15, -0.1) is 0 Å². The monoisotopic (exact) mass is 888 g/mol. The Labute approximate surface area is 353 Å². The zero-order chi connectivity index (χ0) is 43.3. The molecule has 17 heteroatoms. The van der Waals surface area contributed by atoms with Crippen molar-refractivity contribution in [3.63, 3.8) is 0 Å². The molecule has 2 aliphatic carbocycles. The van der Waals surface area contributed by atoms with Crippen LogP contribution in [0.4, 0.5) is 26.3 Å². The van der Waals surface area contributed by atoms with Gasteiger partial charge in [-0.1, -0.05) is 70.7 Å². The van der Waals surface area contributed by atoms with Crippen LogP contribution in [0.3, 0.4) is 0 Å². The van der Waals surface area contributed by atoms with E-state index in [-0.39, 0.29) is 52.0 Å². The van der Waals surface area contributed by atoms with Gasteiger partial charge < -0.3 is 19.8 Å². The molecule has 312 valence electrons. The number of nitrogens with zero attached hydrogens (tertiary/aromatic N) is 2. The van der Waals surface area contributed by atoms with Crippen molar-refractivity contribution in [1.29, 1.82) is 0 Å². The first kappa shape index (κ1) is 42.8. The van der Waals surface area contributed by atoms with Gasteiger partial charge >= 0.3 is 12.4 Å². The number of hydrogen-bond acceptors (Lipinski definition) is 4. The molecule has 4 aromatic carbocycles. The second-order valence-electron chi connectivity index (χ2n) is 14.7. The molecule has 2 N–H and O–H groups in total. The molecule has 0 atom stereocenters. The van der Waals surface area contributed by atoms with Gasteiger partial charge in [-0.2, -0.15) is 26.3 Å². The fourth-order valence-electron chi connectivity index (χ4n) is 6.90. The summed E-state index contributed by atoms with van der Waals surface area (Å²) in [4.78, 5) is 50.4. The summed E-state index contributed by atoms with van der Waals surface area (Å²) in [5.41, 5.74) is -1.35. The number of halogens is 9. The number of aromatic nitrogens is 2. The minimum absolute atomic E-state index is 0.0141. The second kappa shape index (κ2) is 16.6. The van der Waals surface area contributed by atoms with E-state index < -0.39 is 58.2 Å². The van der Waals surface area contributed by atoms with Crippen LogP contribution in [0.5, 0.6) is 0 Å². The van der Waals surface area contributed by atoms with Crippen LogP contribution in [0.15, 0.2) is 84.9 Å². The molecule has 6 aromatic rings. The smallest absolute Gasteiger partial charge is 0.346 e. The van der Waals surface area contributed by atoms with E-state index in [9.17, 15) is 45.5 Å². The van der Waals surface area contributed by atoms with Crippen LogP contribution in [-0.2, 0) is 35.0 Å². The first-order valence-electron chi connectivity index (χ1n) is 18.6. The minimum atomic E-state index is -4.87. The minimum Gasteiger partial charge on any atom is -0.346 e. The highest BCUT2D eigenvalue weighted by molar-refractivity contribution is 6.46. The molecule has 2 heterocycles. The average Bonchev–Trinajstić information content (AvgIpc) is 4.12. The fourth-order valence-corrected chi connectivity index (χ4v) is 7.33. The molecule has 0 bridgehead atoms. The van der Waals surface area contributed by atoms with Crippen LogP contribution >= 0.6 is 34.8 Å². The van der Waals surface area contributed by atoms with Crippen molar-refractivity contribution in [2.75, 3.05) is 0 Å². The third-order valence-electron chi connectivity index (χ3n) is 9.98. The van der Waals surface area contributed by atoms with E-state index in [0.29, 0.717) is 39.6 Å². The molecule has 8 rings (SSSR count). The molecule has 2 fully saturated rings. The number of ketones is 2. The molecule has 2 saturated carbocycles. The Morgan fingerprint density at radius 3 is 1.32 bits per heavy atom. The van der Waals surface area contributed by atoms with Crippen molar-refractivity contribution in [3.8, 4) is 0 Å². The Morgan fingerprint density at radius 1 is 0.567 bits per heavy atom. The van der Waals surface area contributed by atoms with Crippen LogP contribution in [0.1, 0.15) is 74.5 Å². The summed E-state index contributed by atoms with van der Waals surface area (Å²) in [6, 6.07) is 21.4. The van der Waals surface area contributed by atoms with E-state index >= 15 is 0 Å². The number of alkyl halides is 6. The molecule has 2 aromatic heterocycles. The molecule has 0 unspecified atom stereocenters. The quantitative estimate of drug-likeness (QED) is 0.0812. The highest BCUT2D eigenvalue weighted by Gasteiger charge is 2.44. The van der Waals surface area contributed by atoms with Crippen LogP contribution in [0.2, 0.25) is 15.1 Å². The number of fused-ring (bicyclic) bond motifs is 2. The maximum absolute atomic E-state index is 14.2. The summed E-state index contributed by atoms with van der Waals surface area (Å²) >= 11 is 17.8. The number of aryl methyl sites for hydroxylation is 1. The Morgan fingerprint density at radius 2 is 0.933 bits per heavy atom. The van der Waals surface area contributed by atoms with E-state index in [1.807, 2.05) is 0 Å². The molecule has 0 spiro atoms.